The van der Waals surface area contributed by atoms with Crippen LogP contribution in [0.1, 0.15) is 24.5 Å². The Kier molecular flexibility index (Phi) is 5.99. The van der Waals surface area contributed by atoms with Gasteiger partial charge in [-0.2, -0.15) is 0 Å². The van der Waals surface area contributed by atoms with Crippen molar-refractivity contribution in [2.24, 2.45) is 0 Å². The Morgan fingerprint density at radius 1 is 1.15 bits per heavy atom. The summed E-state index contributed by atoms with van der Waals surface area (Å²) in [5.74, 6) is -0.0912. The van der Waals surface area contributed by atoms with E-state index in [0.29, 0.717) is 19.4 Å². The van der Waals surface area contributed by atoms with Gasteiger partial charge in [0.05, 0.1) is 0 Å². The monoisotopic (exact) mass is 368 g/mol. The average molecular weight is 369 g/mol. The summed E-state index contributed by atoms with van der Waals surface area (Å²) in [6, 6.07) is 15.7. The van der Waals surface area contributed by atoms with Crippen LogP contribution in [0.4, 0.5) is 5.69 Å². The highest BCUT2D eigenvalue weighted by Gasteiger charge is 2.37. The van der Waals surface area contributed by atoms with Crippen LogP contribution in [-0.2, 0) is 22.4 Å². The summed E-state index contributed by atoms with van der Waals surface area (Å²) in [6.07, 6.45) is 3.80. The number of hydrogen-bond donors (Lipinski definition) is 1. The minimum Gasteiger partial charge on any atom is -0.354 e. The van der Waals surface area contributed by atoms with Crippen LogP contribution in [0.2, 0.25) is 0 Å². The quantitative estimate of drug-likeness (QED) is 0.795. The first-order valence-electron chi connectivity index (χ1n) is 8.94. The van der Waals surface area contributed by atoms with E-state index in [9.17, 15) is 9.59 Å². The number of amides is 2. The smallest absolute Gasteiger partial charge is 0.243 e. The number of nitrogens with zero attached hydrogens (tertiary/aromatic N) is 1. The number of fused-ring (bicyclic) bond motifs is 1. The van der Waals surface area contributed by atoms with E-state index >= 15 is 0 Å². The molecule has 1 N–H and O–H groups in total. The highest BCUT2D eigenvalue weighted by atomic mass is 32.2. The van der Waals surface area contributed by atoms with Crippen LogP contribution in [0, 0.1) is 0 Å². The van der Waals surface area contributed by atoms with Crippen LogP contribution in [0.15, 0.2) is 53.4 Å². The number of carbonyl (C=O) groups excluding carboxylic acids is 2. The summed E-state index contributed by atoms with van der Waals surface area (Å²) in [7, 11) is 0. The van der Waals surface area contributed by atoms with Crippen LogP contribution in [0.25, 0.3) is 0 Å². The molecule has 0 saturated heterocycles. The first-order chi connectivity index (χ1) is 12.6. The molecule has 2 aromatic rings. The number of hydrogen-bond acceptors (Lipinski definition) is 3. The molecule has 0 aromatic heterocycles. The third-order valence-electron chi connectivity index (χ3n) is 4.72. The molecule has 0 spiro atoms. The van der Waals surface area contributed by atoms with Gasteiger partial charge in [-0.3, -0.25) is 14.5 Å². The van der Waals surface area contributed by atoms with Crippen molar-refractivity contribution >= 4 is 29.3 Å². The maximum absolute atomic E-state index is 12.7. The minimum absolute atomic E-state index is 0.0113. The molecule has 2 aromatic carbocycles. The number of nitrogens with one attached hydrogen (secondary N) is 1. The number of para-hydroxylation sites is 1. The average Bonchev–Trinajstić information content (AvgIpc) is 3.07. The van der Waals surface area contributed by atoms with Crippen LogP contribution in [0.5, 0.6) is 0 Å². The standard InChI is InChI=1S/C21H24N2O2S/c1-3-20(24)23-18-7-5-4-6-16(18)14-19(23)21(25)22-13-12-15-8-10-17(26-2)11-9-15/h4-11,19H,3,12-14H2,1-2H3,(H,22,25). The van der Waals surface area contributed by atoms with Gasteiger partial charge in [-0.15, -0.1) is 11.8 Å². The third kappa shape index (κ3) is 3.93. The van der Waals surface area contributed by atoms with Crippen molar-refractivity contribution < 1.29 is 9.59 Å². The predicted molar refractivity (Wildman–Crippen MR) is 107 cm³/mol. The summed E-state index contributed by atoms with van der Waals surface area (Å²) >= 11 is 1.71. The molecule has 136 valence electrons. The SMILES string of the molecule is CCC(=O)N1c2ccccc2CC1C(=O)NCCc1ccc(SC)cc1. The van der Waals surface area contributed by atoms with Gasteiger partial charge in [0.25, 0.3) is 0 Å². The van der Waals surface area contributed by atoms with Gasteiger partial charge < -0.3 is 5.32 Å². The van der Waals surface area contributed by atoms with E-state index < -0.39 is 6.04 Å². The van der Waals surface area contributed by atoms with Gasteiger partial charge in [0, 0.05) is 30.0 Å². The van der Waals surface area contributed by atoms with E-state index in [1.807, 2.05) is 31.2 Å². The molecule has 0 bridgehead atoms. The molecule has 0 fully saturated rings. The molecule has 0 saturated carbocycles. The van der Waals surface area contributed by atoms with Crippen LogP contribution >= 0.6 is 11.8 Å². The molecule has 2 amide bonds. The Hall–Kier alpha value is -2.27. The normalized spacial score (nSPS) is 15.6. The summed E-state index contributed by atoms with van der Waals surface area (Å²) < 4.78 is 0. The second-order valence-corrected chi connectivity index (χ2v) is 7.23. The second-order valence-electron chi connectivity index (χ2n) is 6.36. The molecule has 1 atom stereocenters. The molecule has 0 radical (unpaired) electrons. The topological polar surface area (TPSA) is 49.4 Å². The highest BCUT2D eigenvalue weighted by Crippen LogP contribution is 2.32. The first kappa shape index (κ1) is 18.5. The van der Waals surface area contributed by atoms with Crippen molar-refractivity contribution in [3.05, 3.63) is 59.7 Å². The zero-order valence-electron chi connectivity index (χ0n) is 15.2. The van der Waals surface area contributed by atoms with Gasteiger partial charge in [-0.1, -0.05) is 37.3 Å². The van der Waals surface area contributed by atoms with E-state index in [-0.39, 0.29) is 11.8 Å². The van der Waals surface area contributed by atoms with Gasteiger partial charge in [-0.05, 0) is 42.0 Å². The molecule has 1 aliphatic heterocycles. The lowest BCUT2D eigenvalue weighted by atomic mass is 10.1. The molecule has 0 aliphatic carbocycles. The van der Waals surface area contributed by atoms with Crippen molar-refractivity contribution in [3.8, 4) is 0 Å². The zero-order valence-corrected chi connectivity index (χ0v) is 16.0. The summed E-state index contributed by atoms with van der Waals surface area (Å²) in [5, 5.41) is 3.01. The maximum Gasteiger partial charge on any atom is 0.243 e. The fourth-order valence-corrected chi connectivity index (χ4v) is 3.72. The van der Waals surface area contributed by atoms with Crippen molar-refractivity contribution in [2.75, 3.05) is 17.7 Å². The lowest BCUT2D eigenvalue weighted by Gasteiger charge is -2.24. The Morgan fingerprint density at radius 3 is 2.58 bits per heavy atom. The van der Waals surface area contributed by atoms with Crippen LogP contribution < -0.4 is 10.2 Å². The fraction of sp³-hybridized carbons (Fsp3) is 0.333. The van der Waals surface area contributed by atoms with E-state index in [1.165, 1.54) is 10.5 Å². The Balaban J connectivity index is 1.62. The third-order valence-corrected chi connectivity index (χ3v) is 5.47. The highest BCUT2D eigenvalue weighted by molar-refractivity contribution is 7.98. The molecule has 1 unspecified atom stereocenters. The molecular formula is C21H24N2O2S. The Bertz CT molecular complexity index is 789. The largest absolute Gasteiger partial charge is 0.354 e. The zero-order chi connectivity index (χ0) is 18.5. The summed E-state index contributed by atoms with van der Waals surface area (Å²) in [4.78, 5) is 28.0. The molecule has 1 heterocycles. The second kappa shape index (κ2) is 8.41. The molecule has 5 heteroatoms. The van der Waals surface area contributed by atoms with Gasteiger partial charge in [0.15, 0.2) is 0 Å². The van der Waals surface area contributed by atoms with Gasteiger partial charge in [-0.25, -0.2) is 0 Å². The number of rotatable bonds is 6. The van der Waals surface area contributed by atoms with Gasteiger partial charge >= 0.3 is 0 Å². The minimum atomic E-state index is -0.446. The maximum atomic E-state index is 12.7. The molecular weight excluding hydrogens is 344 g/mol. The molecule has 4 nitrogen and oxygen atoms in total. The van der Waals surface area contributed by atoms with E-state index in [4.69, 9.17) is 0 Å². The fourth-order valence-electron chi connectivity index (χ4n) is 3.31. The first-order valence-corrected chi connectivity index (χ1v) is 10.2. The van der Waals surface area contributed by atoms with Crippen molar-refractivity contribution in [1.82, 2.24) is 5.32 Å². The molecule has 3 rings (SSSR count). The summed E-state index contributed by atoms with van der Waals surface area (Å²) in [5.41, 5.74) is 3.12. The van der Waals surface area contributed by atoms with Gasteiger partial charge in [0.2, 0.25) is 11.8 Å². The van der Waals surface area contributed by atoms with Crippen LogP contribution in [0.3, 0.4) is 0 Å². The number of carbonyl (C=O) groups is 2. The Labute approximate surface area is 159 Å². The summed E-state index contributed by atoms with van der Waals surface area (Å²) in [6.45, 7) is 2.40. The lowest BCUT2D eigenvalue weighted by molar-refractivity contribution is -0.126. The van der Waals surface area contributed by atoms with E-state index in [1.54, 1.807) is 16.7 Å². The van der Waals surface area contributed by atoms with E-state index in [2.05, 4.69) is 35.8 Å². The van der Waals surface area contributed by atoms with E-state index in [0.717, 1.165) is 17.7 Å². The van der Waals surface area contributed by atoms with Crippen molar-refractivity contribution in [3.63, 3.8) is 0 Å². The lowest BCUT2D eigenvalue weighted by Crippen LogP contribution is -2.48. The van der Waals surface area contributed by atoms with Gasteiger partial charge in [0.1, 0.15) is 6.04 Å². The number of thioether (sulfide) groups is 1. The van der Waals surface area contributed by atoms with Crippen LogP contribution in [-0.4, -0.2) is 30.7 Å². The number of benzene rings is 2. The van der Waals surface area contributed by atoms with Crippen molar-refractivity contribution in [1.29, 1.82) is 0 Å². The molecule has 1 aliphatic rings. The Morgan fingerprint density at radius 2 is 1.88 bits per heavy atom. The molecule has 26 heavy (non-hydrogen) atoms. The van der Waals surface area contributed by atoms with Crippen molar-refractivity contribution in [2.45, 2.75) is 37.1 Å². The predicted octanol–water partition coefficient (Wildman–Crippen LogP) is 3.44. The number of anilines is 1.